The number of halogens is 1. The van der Waals surface area contributed by atoms with Crippen LogP contribution in [0.15, 0.2) is 18.2 Å². The minimum Gasteiger partial charge on any atom is -0.496 e. The van der Waals surface area contributed by atoms with E-state index >= 15 is 0 Å². The second-order valence-corrected chi connectivity index (χ2v) is 4.84. The van der Waals surface area contributed by atoms with Crippen LogP contribution in [0.5, 0.6) is 5.75 Å². The fourth-order valence-electron chi connectivity index (χ4n) is 1.48. The number of methoxy groups -OCH3 is 1. The standard InChI is InChI=1S/C13H21ClN2O/c1-10(16(2)3)8-15-9-11-7-12(14)5-6-13(11)17-4/h5-7,10,15H,8-9H2,1-4H3. The molecule has 17 heavy (non-hydrogen) atoms. The predicted molar refractivity (Wildman–Crippen MR) is 72.9 cm³/mol. The Labute approximate surface area is 109 Å². The van der Waals surface area contributed by atoms with E-state index in [1.165, 1.54) is 0 Å². The molecule has 3 nitrogen and oxygen atoms in total. The molecule has 0 radical (unpaired) electrons. The van der Waals surface area contributed by atoms with Crippen LogP contribution in [0.1, 0.15) is 12.5 Å². The van der Waals surface area contributed by atoms with Gasteiger partial charge in [0.2, 0.25) is 0 Å². The van der Waals surface area contributed by atoms with E-state index in [-0.39, 0.29) is 0 Å². The molecule has 0 saturated heterocycles. The van der Waals surface area contributed by atoms with Crippen LogP contribution in [0.25, 0.3) is 0 Å². The Kier molecular flexibility index (Phi) is 5.75. The first kappa shape index (κ1) is 14.3. The van der Waals surface area contributed by atoms with Gasteiger partial charge in [0.25, 0.3) is 0 Å². The number of ether oxygens (including phenoxy) is 1. The highest BCUT2D eigenvalue weighted by Gasteiger charge is 2.06. The van der Waals surface area contributed by atoms with Crippen LogP contribution in [0.3, 0.4) is 0 Å². The molecule has 0 bridgehead atoms. The summed E-state index contributed by atoms with van der Waals surface area (Å²) in [5.41, 5.74) is 1.09. The second kappa shape index (κ2) is 6.84. The zero-order chi connectivity index (χ0) is 12.8. The maximum atomic E-state index is 5.97. The SMILES string of the molecule is COc1ccc(Cl)cc1CNCC(C)N(C)C. The molecule has 96 valence electrons. The Morgan fingerprint density at radius 2 is 2.12 bits per heavy atom. The van der Waals surface area contributed by atoms with Crippen LogP contribution in [-0.2, 0) is 6.54 Å². The zero-order valence-corrected chi connectivity index (χ0v) is 11.7. The van der Waals surface area contributed by atoms with E-state index < -0.39 is 0 Å². The van der Waals surface area contributed by atoms with Crippen molar-refractivity contribution in [2.24, 2.45) is 0 Å². The smallest absolute Gasteiger partial charge is 0.123 e. The van der Waals surface area contributed by atoms with Gasteiger partial charge in [-0.15, -0.1) is 0 Å². The van der Waals surface area contributed by atoms with Crippen LogP contribution in [0.2, 0.25) is 5.02 Å². The third kappa shape index (κ3) is 4.54. The monoisotopic (exact) mass is 256 g/mol. The van der Waals surface area contributed by atoms with Crippen LogP contribution in [-0.4, -0.2) is 38.7 Å². The maximum absolute atomic E-state index is 5.97. The summed E-state index contributed by atoms with van der Waals surface area (Å²) in [4.78, 5) is 2.18. The molecule has 0 spiro atoms. The highest BCUT2D eigenvalue weighted by molar-refractivity contribution is 6.30. The Morgan fingerprint density at radius 3 is 2.71 bits per heavy atom. The predicted octanol–water partition coefficient (Wildman–Crippen LogP) is 2.39. The third-order valence-electron chi connectivity index (χ3n) is 2.88. The lowest BCUT2D eigenvalue weighted by Crippen LogP contribution is -2.35. The average molecular weight is 257 g/mol. The molecule has 0 aromatic heterocycles. The van der Waals surface area contributed by atoms with Crippen molar-refractivity contribution in [2.75, 3.05) is 27.7 Å². The van der Waals surface area contributed by atoms with Gasteiger partial charge in [0.1, 0.15) is 5.75 Å². The summed E-state index contributed by atoms with van der Waals surface area (Å²) < 4.78 is 5.30. The van der Waals surface area contributed by atoms with E-state index in [1.54, 1.807) is 7.11 Å². The summed E-state index contributed by atoms with van der Waals surface area (Å²) in [7, 11) is 5.83. The van der Waals surface area contributed by atoms with Crippen molar-refractivity contribution in [1.82, 2.24) is 10.2 Å². The van der Waals surface area contributed by atoms with Crippen molar-refractivity contribution in [3.05, 3.63) is 28.8 Å². The van der Waals surface area contributed by atoms with Crippen molar-refractivity contribution in [1.29, 1.82) is 0 Å². The molecule has 1 aromatic rings. The van der Waals surface area contributed by atoms with Crippen molar-refractivity contribution < 1.29 is 4.74 Å². The minimum absolute atomic E-state index is 0.500. The number of nitrogens with zero attached hydrogens (tertiary/aromatic N) is 1. The lowest BCUT2D eigenvalue weighted by Gasteiger charge is -2.20. The number of benzene rings is 1. The molecular formula is C13H21ClN2O. The Bertz CT molecular complexity index is 355. The molecule has 0 fully saturated rings. The summed E-state index contributed by atoms with van der Waals surface area (Å²) in [5.74, 6) is 0.874. The Morgan fingerprint density at radius 1 is 1.41 bits per heavy atom. The minimum atomic E-state index is 0.500. The third-order valence-corrected chi connectivity index (χ3v) is 3.11. The molecule has 4 heteroatoms. The van der Waals surface area contributed by atoms with Gasteiger partial charge in [0, 0.05) is 29.7 Å². The zero-order valence-electron chi connectivity index (χ0n) is 11.0. The Hall–Kier alpha value is -0.770. The van der Waals surface area contributed by atoms with Crippen LogP contribution < -0.4 is 10.1 Å². The maximum Gasteiger partial charge on any atom is 0.123 e. The summed E-state index contributed by atoms with van der Waals surface area (Å²) in [6, 6.07) is 6.18. The van der Waals surface area contributed by atoms with Gasteiger partial charge in [0.15, 0.2) is 0 Å². The molecule has 0 heterocycles. The fourth-order valence-corrected chi connectivity index (χ4v) is 1.68. The molecule has 0 aliphatic heterocycles. The summed E-state index contributed by atoms with van der Waals surface area (Å²) in [6.07, 6.45) is 0. The first-order valence-corrected chi connectivity index (χ1v) is 6.12. The van der Waals surface area contributed by atoms with Gasteiger partial charge < -0.3 is 15.0 Å². The summed E-state index contributed by atoms with van der Waals surface area (Å²) in [6.45, 7) is 3.88. The molecule has 0 amide bonds. The van der Waals surface area contributed by atoms with E-state index in [1.807, 2.05) is 18.2 Å². The van der Waals surface area contributed by atoms with Gasteiger partial charge in [0.05, 0.1) is 7.11 Å². The largest absolute Gasteiger partial charge is 0.496 e. The quantitative estimate of drug-likeness (QED) is 0.846. The van der Waals surface area contributed by atoms with E-state index in [0.717, 1.165) is 29.4 Å². The van der Waals surface area contributed by atoms with Gasteiger partial charge in [-0.1, -0.05) is 11.6 Å². The molecule has 1 rings (SSSR count). The Balaban J connectivity index is 2.53. The van der Waals surface area contributed by atoms with E-state index in [4.69, 9.17) is 16.3 Å². The molecule has 1 atom stereocenters. The summed E-state index contributed by atoms with van der Waals surface area (Å²) in [5, 5.41) is 4.14. The van der Waals surface area contributed by atoms with Gasteiger partial charge >= 0.3 is 0 Å². The summed E-state index contributed by atoms with van der Waals surface area (Å²) >= 11 is 5.97. The highest BCUT2D eigenvalue weighted by atomic mass is 35.5. The average Bonchev–Trinajstić information content (AvgIpc) is 2.29. The lowest BCUT2D eigenvalue weighted by molar-refractivity contribution is 0.302. The normalized spacial score (nSPS) is 12.8. The molecule has 1 N–H and O–H groups in total. The molecule has 1 unspecified atom stereocenters. The highest BCUT2D eigenvalue weighted by Crippen LogP contribution is 2.22. The molecule has 0 saturated carbocycles. The van der Waals surface area contributed by atoms with Crippen molar-refractivity contribution in [3.8, 4) is 5.75 Å². The first-order valence-electron chi connectivity index (χ1n) is 5.74. The van der Waals surface area contributed by atoms with Crippen LogP contribution >= 0.6 is 11.6 Å². The molecule has 0 aliphatic rings. The molecule has 1 aromatic carbocycles. The van der Waals surface area contributed by atoms with Crippen LogP contribution in [0, 0.1) is 0 Å². The number of hydrogen-bond donors (Lipinski definition) is 1. The van der Waals surface area contributed by atoms with Gasteiger partial charge in [-0.25, -0.2) is 0 Å². The fraction of sp³-hybridized carbons (Fsp3) is 0.538. The van der Waals surface area contributed by atoms with Gasteiger partial charge in [-0.05, 0) is 39.2 Å². The number of likely N-dealkylation sites (N-methyl/N-ethyl adjacent to an activating group) is 1. The number of nitrogens with one attached hydrogen (secondary N) is 1. The van der Waals surface area contributed by atoms with Crippen molar-refractivity contribution >= 4 is 11.6 Å². The van der Waals surface area contributed by atoms with Gasteiger partial charge in [-0.3, -0.25) is 0 Å². The van der Waals surface area contributed by atoms with E-state index in [9.17, 15) is 0 Å². The first-order chi connectivity index (χ1) is 8.04. The van der Waals surface area contributed by atoms with Crippen molar-refractivity contribution in [2.45, 2.75) is 19.5 Å². The number of rotatable bonds is 6. The van der Waals surface area contributed by atoms with E-state index in [2.05, 4.69) is 31.2 Å². The van der Waals surface area contributed by atoms with Gasteiger partial charge in [-0.2, -0.15) is 0 Å². The molecular weight excluding hydrogens is 236 g/mol. The topological polar surface area (TPSA) is 24.5 Å². The van der Waals surface area contributed by atoms with E-state index in [0.29, 0.717) is 6.04 Å². The van der Waals surface area contributed by atoms with Crippen LogP contribution in [0.4, 0.5) is 0 Å². The number of hydrogen-bond acceptors (Lipinski definition) is 3. The molecule has 0 aliphatic carbocycles. The van der Waals surface area contributed by atoms with Crippen molar-refractivity contribution in [3.63, 3.8) is 0 Å². The second-order valence-electron chi connectivity index (χ2n) is 4.40. The lowest BCUT2D eigenvalue weighted by atomic mass is 10.2.